The van der Waals surface area contributed by atoms with Gasteiger partial charge in [0.25, 0.3) is 0 Å². The summed E-state index contributed by atoms with van der Waals surface area (Å²) in [5.74, 6) is 0.870. The molecule has 1 aromatic heterocycles. The van der Waals surface area contributed by atoms with Crippen molar-refractivity contribution in [1.82, 2.24) is 9.88 Å². The van der Waals surface area contributed by atoms with E-state index in [1.54, 1.807) is 23.2 Å². The normalized spacial score (nSPS) is 17.9. The van der Waals surface area contributed by atoms with E-state index in [1.807, 2.05) is 0 Å². The first-order valence-electron chi connectivity index (χ1n) is 7.36. The zero-order chi connectivity index (χ0) is 15.5. The van der Waals surface area contributed by atoms with Crippen molar-refractivity contribution in [3.63, 3.8) is 0 Å². The molecule has 22 heavy (non-hydrogen) atoms. The van der Waals surface area contributed by atoms with Gasteiger partial charge in [0.1, 0.15) is 5.82 Å². The summed E-state index contributed by atoms with van der Waals surface area (Å²) in [7, 11) is 0. The number of oxazole rings is 1. The molecule has 1 aromatic carbocycles. The Morgan fingerprint density at radius 3 is 2.86 bits per heavy atom. The minimum atomic E-state index is -0.294. The lowest BCUT2D eigenvalue weighted by molar-refractivity contribution is -0.130. The maximum atomic E-state index is 12.9. The van der Waals surface area contributed by atoms with Crippen molar-refractivity contribution in [3.05, 3.63) is 42.2 Å². The maximum Gasteiger partial charge on any atom is 0.223 e. The molecule has 2 heterocycles. The van der Waals surface area contributed by atoms with E-state index in [0.29, 0.717) is 31.0 Å². The summed E-state index contributed by atoms with van der Waals surface area (Å²) in [6.45, 7) is 1.36. The molecule has 116 valence electrons. The quantitative estimate of drug-likeness (QED) is 0.937. The number of hydrogen-bond donors (Lipinski definition) is 1. The highest BCUT2D eigenvalue weighted by Gasteiger charge is 2.23. The van der Waals surface area contributed by atoms with Gasteiger partial charge in [0.2, 0.25) is 5.91 Å². The number of rotatable bonds is 4. The highest BCUT2D eigenvalue weighted by molar-refractivity contribution is 5.76. The molecular weight excluding hydrogens is 285 g/mol. The van der Waals surface area contributed by atoms with Gasteiger partial charge in [0, 0.05) is 37.5 Å². The molecule has 1 atom stereocenters. The van der Waals surface area contributed by atoms with Crippen LogP contribution in [0.15, 0.2) is 34.9 Å². The van der Waals surface area contributed by atoms with Crippen molar-refractivity contribution in [3.8, 4) is 11.3 Å². The van der Waals surface area contributed by atoms with Crippen LogP contribution in [0, 0.1) is 5.82 Å². The Bertz CT molecular complexity index is 654. The number of aromatic nitrogens is 1. The fourth-order valence-electron chi connectivity index (χ4n) is 2.56. The molecule has 0 bridgehead atoms. The minimum absolute atomic E-state index is 0.0782. The lowest BCUT2D eigenvalue weighted by Gasteiger charge is -2.14. The van der Waals surface area contributed by atoms with Crippen LogP contribution >= 0.6 is 0 Å². The Kier molecular flexibility index (Phi) is 4.20. The second kappa shape index (κ2) is 6.27. The van der Waals surface area contributed by atoms with Crippen LogP contribution in [-0.4, -0.2) is 34.9 Å². The topological polar surface area (TPSA) is 72.4 Å². The van der Waals surface area contributed by atoms with E-state index < -0.39 is 0 Å². The van der Waals surface area contributed by atoms with E-state index in [9.17, 15) is 9.18 Å². The molecule has 0 unspecified atom stereocenters. The molecule has 5 nitrogen and oxygen atoms in total. The molecule has 0 aliphatic carbocycles. The van der Waals surface area contributed by atoms with E-state index in [-0.39, 0.29) is 17.8 Å². The third kappa shape index (κ3) is 3.33. The van der Waals surface area contributed by atoms with Gasteiger partial charge in [-0.25, -0.2) is 9.37 Å². The summed E-state index contributed by atoms with van der Waals surface area (Å²) in [5.41, 5.74) is 6.56. The molecular formula is C16H18FN3O2. The SMILES string of the molecule is N[C@H]1CCN(C(=O)CCc2ncc(-c3ccc(F)cc3)o2)C1. The predicted molar refractivity (Wildman–Crippen MR) is 79.4 cm³/mol. The number of nitrogens with two attached hydrogens (primary N) is 1. The number of carbonyl (C=O) groups excluding carboxylic acids is 1. The molecule has 2 N–H and O–H groups in total. The van der Waals surface area contributed by atoms with E-state index in [2.05, 4.69) is 4.98 Å². The molecule has 0 spiro atoms. The molecule has 1 amide bonds. The van der Waals surface area contributed by atoms with E-state index in [0.717, 1.165) is 18.5 Å². The van der Waals surface area contributed by atoms with Gasteiger partial charge in [0.05, 0.1) is 6.20 Å². The Balaban J connectivity index is 1.58. The van der Waals surface area contributed by atoms with E-state index >= 15 is 0 Å². The van der Waals surface area contributed by atoms with Crippen molar-refractivity contribution in [2.45, 2.75) is 25.3 Å². The summed E-state index contributed by atoms with van der Waals surface area (Å²) in [6, 6.07) is 6.11. The summed E-state index contributed by atoms with van der Waals surface area (Å²) in [5, 5.41) is 0. The van der Waals surface area contributed by atoms with Crippen LogP contribution in [0.1, 0.15) is 18.7 Å². The molecule has 1 saturated heterocycles. The first kappa shape index (κ1) is 14.7. The third-order valence-corrected chi connectivity index (χ3v) is 3.81. The second-order valence-corrected chi connectivity index (χ2v) is 5.51. The predicted octanol–water partition coefficient (Wildman–Crippen LogP) is 1.97. The number of amides is 1. The third-order valence-electron chi connectivity index (χ3n) is 3.81. The zero-order valence-electron chi connectivity index (χ0n) is 12.2. The van der Waals surface area contributed by atoms with Gasteiger partial charge in [-0.1, -0.05) is 0 Å². The first-order chi connectivity index (χ1) is 10.6. The van der Waals surface area contributed by atoms with Gasteiger partial charge < -0.3 is 15.1 Å². The van der Waals surface area contributed by atoms with Gasteiger partial charge in [-0.05, 0) is 30.7 Å². The molecule has 2 aromatic rings. The van der Waals surface area contributed by atoms with Crippen LogP contribution in [-0.2, 0) is 11.2 Å². The maximum absolute atomic E-state index is 12.9. The van der Waals surface area contributed by atoms with Crippen molar-refractivity contribution < 1.29 is 13.6 Å². The summed E-state index contributed by atoms with van der Waals surface area (Å²) >= 11 is 0. The van der Waals surface area contributed by atoms with Gasteiger partial charge in [0.15, 0.2) is 11.7 Å². The fourth-order valence-corrected chi connectivity index (χ4v) is 2.56. The Hall–Kier alpha value is -2.21. The Morgan fingerprint density at radius 2 is 2.18 bits per heavy atom. The first-order valence-corrected chi connectivity index (χ1v) is 7.36. The molecule has 0 radical (unpaired) electrons. The van der Waals surface area contributed by atoms with Gasteiger partial charge in [-0.3, -0.25) is 4.79 Å². The second-order valence-electron chi connectivity index (χ2n) is 5.51. The smallest absolute Gasteiger partial charge is 0.223 e. The van der Waals surface area contributed by atoms with Crippen molar-refractivity contribution in [2.75, 3.05) is 13.1 Å². The van der Waals surface area contributed by atoms with Crippen LogP contribution in [0.3, 0.4) is 0 Å². The number of nitrogens with zero attached hydrogens (tertiary/aromatic N) is 2. The zero-order valence-corrected chi connectivity index (χ0v) is 12.2. The van der Waals surface area contributed by atoms with Crippen LogP contribution in [0.5, 0.6) is 0 Å². The Labute approximate surface area is 127 Å². The molecule has 1 aliphatic rings. The van der Waals surface area contributed by atoms with Gasteiger partial charge >= 0.3 is 0 Å². The molecule has 3 rings (SSSR count). The van der Waals surface area contributed by atoms with Crippen LogP contribution in [0.4, 0.5) is 4.39 Å². The summed E-state index contributed by atoms with van der Waals surface area (Å²) in [4.78, 5) is 18.0. The largest absolute Gasteiger partial charge is 0.441 e. The summed E-state index contributed by atoms with van der Waals surface area (Å²) < 4.78 is 18.5. The van der Waals surface area contributed by atoms with Crippen molar-refractivity contribution >= 4 is 5.91 Å². The number of carbonyl (C=O) groups is 1. The number of halogens is 1. The van der Waals surface area contributed by atoms with Crippen molar-refractivity contribution in [2.24, 2.45) is 5.73 Å². The minimum Gasteiger partial charge on any atom is -0.441 e. The lowest BCUT2D eigenvalue weighted by atomic mass is 10.2. The summed E-state index contributed by atoms with van der Waals surface area (Å²) in [6.07, 6.45) is 3.26. The monoisotopic (exact) mass is 303 g/mol. The van der Waals surface area contributed by atoms with Crippen LogP contribution in [0.25, 0.3) is 11.3 Å². The number of aryl methyl sites for hydroxylation is 1. The van der Waals surface area contributed by atoms with Crippen LogP contribution in [0.2, 0.25) is 0 Å². The highest BCUT2D eigenvalue weighted by atomic mass is 19.1. The molecule has 1 fully saturated rings. The molecule has 6 heteroatoms. The number of likely N-dealkylation sites (tertiary alicyclic amines) is 1. The Morgan fingerprint density at radius 1 is 1.41 bits per heavy atom. The van der Waals surface area contributed by atoms with Gasteiger partial charge in [-0.15, -0.1) is 0 Å². The van der Waals surface area contributed by atoms with E-state index in [4.69, 9.17) is 10.2 Å². The van der Waals surface area contributed by atoms with Crippen molar-refractivity contribution in [1.29, 1.82) is 0 Å². The lowest BCUT2D eigenvalue weighted by Crippen LogP contribution is -2.31. The van der Waals surface area contributed by atoms with Gasteiger partial charge in [-0.2, -0.15) is 0 Å². The number of hydrogen-bond acceptors (Lipinski definition) is 4. The average molecular weight is 303 g/mol. The number of benzene rings is 1. The standard InChI is InChI=1S/C16H18FN3O2/c17-12-3-1-11(2-4-12)14-9-19-15(22-14)5-6-16(21)20-8-7-13(18)10-20/h1-4,9,13H,5-8,10,18H2/t13-/m0/s1. The van der Waals surface area contributed by atoms with E-state index in [1.165, 1.54) is 12.1 Å². The molecule has 0 saturated carbocycles. The van der Waals surface area contributed by atoms with Crippen LogP contribution < -0.4 is 5.73 Å². The average Bonchev–Trinajstić information content (AvgIpc) is 3.15. The highest BCUT2D eigenvalue weighted by Crippen LogP contribution is 2.21. The molecule has 1 aliphatic heterocycles. The fraction of sp³-hybridized carbons (Fsp3) is 0.375.